The molecule has 1 fully saturated rings. The summed E-state index contributed by atoms with van der Waals surface area (Å²) in [6, 6.07) is 15.7. The molecule has 1 aliphatic heterocycles. The molecule has 1 amide bonds. The molecule has 2 aromatic carbocycles. The Morgan fingerprint density at radius 3 is 2.59 bits per heavy atom. The van der Waals surface area contributed by atoms with Crippen molar-refractivity contribution in [2.75, 3.05) is 25.0 Å². The number of amides is 1. The summed E-state index contributed by atoms with van der Waals surface area (Å²) in [7, 11) is -3.88. The van der Waals surface area contributed by atoms with Crippen LogP contribution in [0.3, 0.4) is 0 Å². The average molecular weight is 451 g/mol. The normalized spacial score (nSPS) is 14.5. The second kappa shape index (κ2) is 8.19. The zero-order valence-electron chi connectivity index (χ0n) is 17.3. The van der Waals surface area contributed by atoms with Gasteiger partial charge in [0.15, 0.2) is 5.65 Å². The van der Waals surface area contributed by atoms with Gasteiger partial charge < -0.3 is 10.2 Å². The number of nitrogens with one attached hydrogen (secondary N) is 1. The van der Waals surface area contributed by atoms with Gasteiger partial charge in [0, 0.05) is 31.4 Å². The van der Waals surface area contributed by atoms with E-state index in [1.165, 1.54) is 16.6 Å². The first-order chi connectivity index (χ1) is 15.6. The van der Waals surface area contributed by atoms with E-state index in [0.29, 0.717) is 30.8 Å². The van der Waals surface area contributed by atoms with Crippen molar-refractivity contribution >= 4 is 38.1 Å². The molecule has 2 aromatic heterocycles. The minimum Gasteiger partial charge on any atom is -0.369 e. The van der Waals surface area contributed by atoms with Crippen LogP contribution in [0, 0.1) is 0 Å². The summed E-state index contributed by atoms with van der Waals surface area (Å²) >= 11 is 0. The number of para-hydroxylation sites is 1. The number of hydrogen-bond acceptors (Lipinski definition) is 7. The van der Waals surface area contributed by atoms with Gasteiger partial charge in [-0.1, -0.05) is 35.5 Å². The van der Waals surface area contributed by atoms with E-state index in [-0.39, 0.29) is 21.5 Å². The number of carbonyl (C=O) groups is 1. The highest BCUT2D eigenvalue weighted by atomic mass is 32.2. The molecule has 0 bridgehead atoms. The van der Waals surface area contributed by atoms with Gasteiger partial charge in [0.25, 0.3) is 0 Å². The Bertz CT molecular complexity index is 1400. The van der Waals surface area contributed by atoms with Crippen molar-refractivity contribution in [2.45, 2.75) is 29.2 Å². The summed E-state index contributed by atoms with van der Waals surface area (Å²) in [4.78, 5) is 18.4. The second-order valence-electron chi connectivity index (χ2n) is 7.69. The molecule has 0 radical (unpaired) electrons. The standard InChI is InChI=1S/C22H22N6O3S/c29-19-12-6-14-27(19)15-7-13-23-20-17-10-4-5-11-18(17)28-21(24-20)22(25-26-28)32(30,31)16-8-2-1-3-9-16/h1-5,8-11H,6-7,12-15H2,(H,23,24). The van der Waals surface area contributed by atoms with Crippen LogP contribution in [0.5, 0.6) is 0 Å². The fourth-order valence-electron chi connectivity index (χ4n) is 3.98. The van der Waals surface area contributed by atoms with Crippen molar-refractivity contribution in [3.63, 3.8) is 0 Å². The molecule has 32 heavy (non-hydrogen) atoms. The quantitative estimate of drug-likeness (QED) is 0.431. The van der Waals surface area contributed by atoms with E-state index in [0.717, 1.165) is 24.8 Å². The summed E-state index contributed by atoms with van der Waals surface area (Å²) in [6.07, 6.45) is 2.31. The van der Waals surface area contributed by atoms with Gasteiger partial charge in [-0.15, -0.1) is 5.10 Å². The molecule has 1 aliphatic rings. The molecule has 4 aromatic rings. The van der Waals surface area contributed by atoms with Crippen molar-refractivity contribution in [1.82, 2.24) is 24.7 Å². The number of benzene rings is 2. The highest BCUT2D eigenvalue weighted by Crippen LogP contribution is 2.27. The van der Waals surface area contributed by atoms with Crippen LogP contribution in [0.2, 0.25) is 0 Å². The van der Waals surface area contributed by atoms with Gasteiger partial charge in [0.1, 0.15) is 5.82 Å². The largest absolute Gasteiger partial charge is 0.369 e. The number of carbonyl (C=O) groups excluding carboxylic acids is 1. The van der Waals surface area contributed by atoms with Crippen molar-refractivity contribution in [3.8, 4) is 0 Å². The number of aromatic nitrogens is 4. The predicted molar refractivity (Wildman–Crippen MR) is 119 cm³/mol. The Hall–Kier alpha value is -3.53. The first-order valence-corrected chi connectivity index (χ1v) is 12.0. The fourth-order valence-corrected chi connectivity index (χ4v) is 5.24. The smallest absolute Gasteiger partial charge is 0.229 e. The molecule has 0 spiro atoms. The van der Waals surface area contributed by atoms with E-state index in [9.17, 15) is 13.2 Å². The Balaban J connectivity index is 1.50. The lowest BCUT2D eigenvalue weighted by atomic mass is 10.2. The number of rotatable bonds is 7. The van der Waals surface area contributed by atoms with E-state index in [2.05, 4.69) is 20.6 Å². The van der Waals surface area contributed by atoms with Crippen LogP contribution in [0.1, 0.15) is 19.3 Å². The van der Waals surface area contributed by atoms with Gasteiger partial charge in [-0.3, -0.25) is 4.79 Å². The molecule has 164 valence electrons. The highest BCUT2D eigenvalue weighted by Gasteiger charge is 2.27. The van der Waals surface area contributed by atoms with Crippen LogP contribution in [-0.2, 0) is 14.6 Å². The Morgan fingerprint density at radius 2 is 1.81 bits per heavy atom. The molecule has 1 N–H and O–H groups in total. The van der Waals surface area contributed by atoms with Crippen LogP contribution in [0.15, 0.2) is 64.5 Å². The minimum atomic E-state index is -3.88. The number of sulfone groups is 1. The number of fused-ring (bicyclic) bond motifs is 3. The number of likely N-dealkylation sites (tertiary alicyclic amines) is 1. The van der Waals surface area contributed by atoms with Gasteiger partial charge >= 0.3 is 0 Å². The minimum absolute atomic E-state index is 0.141. The maximum Gasteiger partial charge on any atom is 0.229 e. The van der Waals surface area contributed by atoms with Gasteiger partial charge in [0.05, 0.1) is 10.4 Å². The molecule has 0 saturated carbocycles. The summed E-state index contributed by atoms with van der Waals surface area (Å²) in [5.41, 5.74) is 0.876. The van der Waals surface area contributed by atoms with E-state index in [4.69, 9.17) is 0 Å². The maximum absolute atomic E-state index is 13.2. The lowest BCUT2D eigenvalue weighted by Crippen LogP contribution is -2.27. The molecule has 0 unspecified atom stereocenters. The maximum atomic E-state index is 13.2. The lowest BCUT2D eigenvalue weighted by Gasteiger charge is -2.16. The number of nitrogens with zero attached hydrogens (tertiary/aromatic N) is 5. The summed E-state index contributed by atoms with van der Waals surface area (Å²) in [5, 5.41) is 12.0. The third kappa shape index (κ3) is 3.56. The monoisotopic (exact) mass is 450 g/mol. The van der Waals surface area contributed by atoms with Crippen molar-refractivity contribution in [3.05, 3.63) is 54.6 Å². The van der Waals surface area contributed by atoms with Crippen molar-refractivity contribution < 1.29 is 13.2 Å². The molecule has 5 rings (SSSR count). The van der Waals surface area contributed by atoms with Gasteiger partial charge in [0.2, 0.25) is 20.8 Å². The Kier molecular flexibility index (Phi) is 5.22. The Labute approximate surface area is 185 Å². The van der Waals surface area contributed by atoms with E-state index in [1.807, 2.05) is 29.2 Å². The molecule has 10 heteroatoms. The molecule has 0 atom stereocenters. The van der Waals surface area contributed by atoms with E-state index >= 15 is 0 Å². The first kappa shape index (κ1) is 20.4. The third-order valence-electron chi connectivity index (χ3n) is 5.60. The lowest BCUT2D eigenvalue weighted by molar-refractivity contribution is -0.127. The second-order valence-corrected chi connectivity index (χ2v) is 9.55. The van der Waals surface area contributed by atoms with Crippen molar-refractivity contribution in [2.24, 2.45) is 0 Å². The molecular weight excluding hydrogens is 428 g/mol. The van der Waals surface area contributed by atoms with Crippen LogP contribution in [0.25, 0.3) is 16.6 Å². The first-order valence-electron chi connectivity index (χ1n) is 10.5. The zero-order chi connectivity index (χ0) is 22.1. The van der Waals surface area contributed by atoms with Crippen LogP contribution < -0.4 is 5.32 Å². The van der Waals surface area contributed by atoms with Crippen LogP contribution >= 0.6 is 0 Å². The van der Waals surface area contributed by atoms with Crippen molar-refractivity contribution in [1.29, 1.82) is 0 Å². The summed E-state index contributed by atoms with van der Waals surface area (Å²) in [5.74, 6) is 0.767. The number of hydrogen-bond donors (Lipinski definition) is 1. The third-order valence-corrected chi connectivity index (χ3v) is 7.26. The molecule has 0 aliphatic carbocycles. The SMILES string of the molecule is O=C1CCCN1CCCNc1nc2c(S(=O)(=O)c3ccccc3)nnn2c2ccccc12. The fraction of sp³-hybridized carbons (Fsp3) is 0.273. The molecule has 1 saturated heterocycles. The van der Waals surface area contributed by atoms with E-state index < -0.39 is 9.84 Å². The van der Waals surface area contributed by atoms with Crippen LogP contribution in [0.4, 0.5) is 5.82 Å². The van der Waals surface area contributed by atoms with E-state index in [1.54, 1.807) is 18.2 Å². The molecule has 9 nitrogen and oxygen atoms in total. The van der Waals surface area contributed by atoms with Gasteiger partial charge in [-0.25, -0.2) is 13.4 Å². The van der Waals surface area contributed by atoms with Gasteiger partial charge in [-0.2, -0.15) is 4.52 Å². The molecule has 3 heterocycles. The highest BCUT2D eigenvalue weighted by molar-refractivity contribution is 7.91. The topological polar surface area (TPSA) is 110 Å². The summed E-state index contributed by atoms with van der Waals surface area (Å²) in [6.45, 7) is 2.10. The average Bonchev–Trinajstić information content (AvgIpc) is 3.43. The summed E-state index contributed by atoms with van der Waals surface area (Å²) < 4.78 is 27.8. The van der Waals surface area contributed by atoms with Gasteiger partial charge in [-0.05, 0) is 37.1 Å². The molecular formula is C22H22N6O3S. The predicted octanol–water partition coefficient (Wildman–Crippen LogP) is 2.53. The zero-order valence-corrected chi connectivity index (χ0v) is 18.1. The van der Waals surface area contributed by atoms with Crippen LogP contribution in [-0.4, -0.2) is 58.7 Å². The number of anilines is 1. The Morgan fingerprint density at radius 1 is 1.03 bits per heavy atom.